The predicted molar refractivity (Wildman–Crippen MR) is 115 cm³/mol. The minimum absolute atomic E-state index is 0.258. The number of nitrogens with one attached hydrogen (secondary N) is 2. The zero-order valence-corrected chi connectivity index (χ0v) is 17.1. The van der Waals surface area contributed by atoms with Crippen molar-refractivity contribution in [2.24, 2.45) is 0 Å². The van der Waals surface area contributed by atoms with Gasteiger partial charge in [-0.25, -0.2) is 0 Å². The summed E-state index contributed by atoms with van der Waals surface area (Å²) in [5, 5.41) is 6.87. The monoisotopic (exact) mass is 452 g/mol. The Morgan fingerprint density at radius 1 is 0.571 bits per heavy atom. The third kappa shape index (κ3) is 4.97. The number of halogens is 4. The Bertz CT molecular complexity index is 968. The molecule has 4 nitrogen and oxygen atoms in total. The van der Waals surface area contributed by atoms with Gasteiger partial charge in [0.15, 0.2) is 0 Å². The van der Waals surface area contributed by atoms with E-state index in [0.29, 0.717) is 32.5 Å². The van der Waals surface area contributed by atoms with Crippen molar-refractivity contribution < 1.29 is 9.59 Å². The molecule has 2 amide bonds. The van der Waals surface area contributed by atoms with Crippen LogP contribution in [0.4, 0.5) is 11.4 Å². The predicted octanol–water partition coefficient (Wildman–Crippen LogP) is 6.80. The zero-order valence-electron chi connectivity index (χ0n) is 14.1. The Hall–Kier alpha value is -2.24. The lowest BCUT2D eigenvalue weighted by atomic mass is 10.2. The van der Waals surface area contributed by atoms with Gasteiger partial charge in [-0.1, -0.05) is 46.4 Å². The Morgan fingerprint density at radius 3 is 1.25 bits per heavy atom. The molecule has 3 aromatic carbocycles. The van der Waals surface area contributed by atoms with Crippen molar-refractivity contribution in [3.05, 3.63) is 91.9 Å². The van der Waals surface area contributed by atoms with E-state index in [4.69, 9.17) is 46.4 Å². The molecule has 0 aliphatic rings. The summed E-state index contributed by atoms with van der Waals surface area (Å²) in [4.78, 5) is 24.7. The molecule has 0 atom stereocenters. The van der Waals surface area contributed by atoms with Crippen LogP contribution in [0, 0.1) is 0 Å². The standard InChI is InChI=1S/C20H12Cl4N2O2/c21-11-1-7-15(17(23)9-11)19(27)25-13-3-5-14(6-4-13)26-20(28)16-8-2-12(22)10-18(16)24/h1-10H,(H,25,27)(H,26,28). The SMILES string of the molecule is O=C(Nc1ccc(NC(=O)c2ccc(Cl)cc2Cl)cc1)c1ccc(Cl)cc1Cl. The highest BCUT2D eigenvalue weighted by Gasteiger charge is 2.13. The van der Waals surface area contributed by atoms with Crippen LogP contribution in [0.5, 0.6) is 0 Å². The van der Waals surface area contributed by atoms with Crippen LogP contribution in [-0.2, 0) is 0 Å². The van der Waals surface area contributed by atoms with E-state index >= 15 is 0 Å². The highest BCUT2D eigenvalue weighted by Crippen LogP contribution is 2.24. The Labute approximate surface area is 181 Å². The molecule has 0 bridgehead atoms. The molecule has 0 spiro atoms. The number of carbonyl (C=O) groups is 2. The fraction of sp³-hybridized carbons (Fsp3) is 0. The van der Waals surface area contributed by atoms with Crippen LogP contribution in [-0.4, -0.2) is 11.8 Å². The van der Waals surface area contributed by atoms with Crippen LogP contribution < -0.4 is 10.6 Å². The van der Waals surface area contributed by atoms with Crippen molar-refractivity contribution in [3.8, 4) is 0 Å². The van der Waals surface area contributed by atoms with Gasteiger partial charge in [-0.2, -0.15) is 0 Å². The van der Waals surface area contributed by atoms with E-state index in [1.54, 1.807) is 48.5 Å². The molecule has 3 aromatic rings. The second-order valence-electron chi connectivity index (χ2n) is 5.73. The lowest BCUT2D eigenvalue weighted by Crippen LogP contribution is -2.14. The Morgan fingerprint density at radius 2 is 0.929 bits per heavy atom. The first-order valence-electron chi connectivity index (χ1n) is 7.96. The molecule has 0 saturated heterocycles. The van der Waals surface area contributed by atoms with Crippen LogP contribution in [0.25, 0.3) is 0 Å². The maximum atomic E-state index is 12.3. The van der Waals surface area contributed by atoms with Crippen molar-refractivity contribution in [2.75, 3.05) is 10.6 Å². The fourth-order valence-electron chi connectivity index (χ4n) is 2.38. The van der Waals surface area contributed by atoms with E-state index in [0.717, 1.165) is 0 Å². The molecular weight excluding hydrogens is 442 g/mol. The molecule has 8 heteroatoms. The maximum Gasteiger partial charge on any atom is 0.257 e. The zero-order chi connectivity index (χ0) is 20.3. The van der Waals surface area contributed by atoms with E-state index < -0.39 is 0 Å². The third-order valence-electron chi connectivity index (χ3n) is 3.75. The van der Waals surface area contributed by atoms with Crippen molar-refractivity contribution >= 4 is 69.6 Å². The van der Waals surface area contributed by atoms with Gasteiger partial charge in [-0.05, 0) is 60.7 Å². The maximum absolute atomic E-state index is 12.3. The molecule has 0 saturated carbocycles. The largest absolute Gasteiger partial charge is 0.322 e. The van der Waals surface area contributed by atoms with Gasteiger partial charge < -0.3 is 10.6 Å². The molecule has 0 unspecified atom stereocenters. The second kappa shape index (κ2) is 8.84. The van der Waals surface area contributed by atoms with Crippen molar-refractivity contribution in [1.29, 1.82) is 0 Å². The van der Waals surface area contributed by atoms with Gasteiger partial charge in [0.1, 0.15) is 0 Å². The average Bonchev–Trinajstić information content (AvgIpc) is 2.63. The summed E-state index contributed by atoms with van der Waals surface area (Å²) in [5.41, 5.74) is 1.69. The highest BCUT2D eigenvalue weighted by molar-refractivity contribution is 6.37. The number of carbonyl (C=O) groups excluding carboxylic acids is 2. The van der Waals surface area contributed by atoms with Gasteiger partial charge in [0.2, 0.25) is 0 Å². The first-order valence-corrected chi connectivity index (χ1v) is 9.47. The minimum Gasteiger partial charge on any atom is -0.322 e. The summed E-state index contributed by atoms with van der Waals surface area (Å²) >= 11 is 23.8. The molecule has 0 aliphatic carbocycles. The van der Waals surface area contributed by atoms with Gasteiger partial charge in [0.05, 0.1) is 21.2 Å². The number of hydrogen-bond acceptors (Lipinski definition) is 2. The van der Waals surface area contributed by atoms with Crippen LogP contribution in [0.15, 0.2) is 60.7 Å². The van der Waals surface area contributed by atoms with E-state index in [-0.39, 0.29) is 21.9 Å². The first-order chi connectivity index (χ1) is 13.3. The summed E-state index contributed by atoms with van der Waals surface area (Å²) in [6.45, 7) is 0. The molecule has 0 radical (unpaired) electrons. The van der Waals surface area contributed by atoms with Crippen molar-refractivity contribution in [2.45, 2.75) is 0 Å². The van der Waals surface area contributed by atoms with Crippen molar-refractivity contribution in [3.63, 3.8) is 0 Å². The number of rotatable bonds is 4. The van der Waals surface area contributed by atoms with E-state index in [9.17, 15) is 9.59 Å². The van der Waals surface area contributed by atoms with Crippen LogP contribution >= 0.6 is 46.4 Å². The van der Waals surface area contributed by atoms with Crippen LogP contribution in [0.2, 0.25) is 20.1 Å². The summed E-state index contributed by atoms with van der Waals surface area (Å²) < 4.78 is 0. The Balaban J connectivity index is 1.67. The minimum atomic E-state index is -0.369. The smallest absolute Gasteiger partial charge is 0.257 e. The van der Waals surface area contributed by atoms with Crippen LogP contribution in [0.1, 0.15) is 20.7 Å². The lowest BCUT2D eigenvalue weighted by molar-refractivity contribution is 0.101. The molecule has 0 aliphatic heterocycles. The van der Waals surface area contributed by atoms with Crippen molar-refractivity contribution in [1.82, 2.24) is 0 Å². The average molecular weight is 454 g/mol. The molecule has 0 aromatic heterocycles. The quantitative estimate of drug-likeness (QED) is 0.456. The van der Waals surface area contributed by atoms with E-state index in [1.807, 2.05) is 0 Å². The highest BCUT2D eigenvalue weighted by atomic mass is 35.5. The van der Waals surface area contributed by atoms with Crippen LogP contribution in [0.3, 0.4) is 0 Å². The molecule has 0 fully saturated rings. The molecule has 0 heterocycles. The number of anilines is 2. The summed E-state index contributed by atoms with van der Waals surface area (Å²) in [5.74, 6) is -0.738. The molecule has 3 rings (SSSR count). The molecule has 28 heavy (non-hydrogen) atoms. The van der Waals surface area contributed by atoms with Gasteiger partial charge >= 0.3 is 0 Å². The summed E-state index contributed by atoms with van der Waals surface area (Å²) in [7, 11) is 0. The first kappa shape index (κ1) is 20.5. The number of hydrogen-bond donors (Lipinski definition) is 2. The van der Waals surface area contributed by atoms with Gasteiger partial charge in [-0.3, -0.25) is 9.59 Å². The lowest BCUT2D eigenvalue weighted by Gasteiger charge is -2.10. The third-order valence-corrected chi connectivity index (χ3v) is 4.85. The topological polar surface area (TPSA) is 58.2 Å². The molecule has 142 valence electrons. The summed E-state index contributed by atoms with van der Waals surface area (Å²) in [6, 6.07) is 15.9. The second-order valence-corrected chi connectivity index (χ2v) is 7.42. The molecule has 2 N–H and O–H groups in total. The van der Waals surface area contributed by atoms with Gasteiger partial charge in [0, 0.05) is 21.4 Å². The number of benzene rings is 3. The van der Waals surface area contributed by atoms with E-state index in [1.165, 1.54) is 12.1 Å². The van der Waals surface area contributed by atoms with Gasteiger partial charge in [0.25, 0.3) is 11.8 Å². The Kier molecular flexibility index (Phi) is 6.47. The number of amides is 2. The normalized spacial score (nSPS) is 10.4. The van der Waals surface area contributed by atoms with Gasteiger partial charge in [-0.15, -0.1) is 0 Å². The molecular formula is C20H12Cl4N2O2. The van der Waals surface area contributed by atoms with E-state index in [2.05, 4.69) is 10.6 Å². The summed E-state index contributed by atoms with van der Waals surface area (Å²) in [6.07, 6.45) is 0. The fourth-order valence-corrected chi connectivity index (χ4v) is 3.37.